The summed E-state index contributed by atoms with van der Waals surface area (Å²) in [6.07, 6.45) is 0.268. The van der Waals surface area contributed by atoms with Gasteiger partial charge in [-0.3, -0.25) is 4.79 Å². The average Bonchev–Trinajstić information content (AvgIpc) is 3.27. The zero-order valence-corrected chi connectivity index (χ0v) is 17.5. The largest absolute Gasteiger partial charge is 0.473 e. The molecule has 0 saturated heterocycles. The Labute approximate surface area is 180 Å². The number of carbonyl (C=O) groups is 1. The van der Waals surface area contributed by atoms with Crippen LogP contribution in [0, 0.1) is 12.7 Å². The van der Waals surface area contributed by atoms with E-state index in [9.17, 15) is 22.4 Å². The highest BCUT2D eigenvalue weighted by atomic mass is 19.4. The molecular formula is C20H20F4N6O2. The van der Waals surface area contributed by atoms with Gasteiger partial charge < -0.3 is 9.64 Å². The molecule has 0 aliphatic heterocycles. The molecule has 0 saturated carbocycles. The van der Waals surface area contributed by atoms with E-state index in [0.717, 1.165) is 5.56 Å². The molecule has 3 aromatic heterocycles. The van der Waals surface area contributed by atoms with Gasteiger partial charge in [-0.05, 0) is 38.5 Å². The van der Waals surface area contributed by atoms with Crippen molar-refractivity contribution in [1.82, 2.24) is 29.9 Å². The molecule has 1 atom stereocenters. The first-order valence-electron chi connectivity index (χ1n) is 9.61. The molecule has 0 unspecified atom stereocenters. The fourth-order valence-corrected chi connectivity index (χ4v) is 2.99. The first kappa shape index (κ1) is 23.1. The van der Waals surface area contributed by atoms with Crippen molar-refractivity contribution in [1.29, 1.82) is 0 Å². The third-order valence-corrected chi connectivity index (χ3v) is 4.57. The van der Waals surface area contributed by atoms with Gasteiger partial charge in [0.2, 0.25) is 5.88 Å². The minimum absolute atomic E-state index is 0.191. The number of amides is 1. The summed E-state index contributed by atoms with van der Waals surface area (Å²) in [5, 5.41) is 8.03. The third-order valence-electron chi connectivity index (χ3n) is 4.57. The molecule has 1 amide bonds. The molecule has 0 radical (unpaired) electrons. The molecule has 0 aromatic carbocycles. The van der Waals surface area contributed by atoms with Crippen molar-refractivity contribution in [3.8, 4) is 11.7 Å². The number of carbonyl (C=O) groups excluding carboxylic acids is 1. The molecule has 0 fully saturated rings. The highest BCUT2D eigenvalue weighted by Gasteiger charge is 2.32. The van der Waals surface area contributed by atoms with Crippen molar-refractivity contribution in [3.05, 3.63) is 59.4 Å². The summed E-state index contributed by atoms with van der Waals surface area (Å²) < 4.78 is 57.3. The predicted molar refractivity (Wildman–Crippen MR) is 105 cm³/mol. The number of hydrogen-bond donors (Lipinski definition) is 0. The molecule has 0 aliphatic rings. The summed E-state index contributed by atoms with van der Waals surface area (Å²) in [5.74, 6) is -1.95. The fourth-order valence-electron chi connectivity index (χ4n) is 2.99. The van der Waals surface area contributed by atoms with E-state index >= 15 is 0 Å². The first-order valence-corrected chi connectivity index (χ1v) is 9.61. The van der Waals surface area contributed by atoms with Gasteiger partial charge in [0, 0.05) is 18.9 Å². The molecule has 0 bridgehead atoms. The van der Waals surface area contributed by atoms with Crippen LogP contribution in [0.3, 0.4) is 0 Å². The van der Waals surface area contributed by atoms with E-state index in [1.54, 1.807) is 33.0 Å². The van der Waals surface area contributed by atoms with Crippen LogP contribution in [0.2, 0.25) is 0 Å². The monoisotopic (exact) mass is 452 g/mol. The zero-order chi connectivity index (χ0) is 23.5. The van der Waals surface area contributed by atoms with Gasteiger partial charge in [0.25, 0.3) is 5.91 Å². The Hall–Kier alpha value is -3.57. The Bertz CT molecular complexity index is 1090. The number of ether oxygens (including phenoxy) is 1. The van der Waals surface area contributed by atoms with Gasteiger partial charge in [-0.15, -0.1) is 4.80 Å². The number of aryl methyl sites for hydroxylation is 1. The van der Waals surface area contributed by atoms with Gasteiger partial charge in [-0.25, -0.2) is 14.4 Å². The van der Waals surface area contributed by atoms with E-state index in [1.807, 2.05) is 0 Å². The molecule has 3 aromatic rings. The Morgan fingerprint density at radius 2 is 1.88 bits per heavy atom. The smallest absolute Gasteiger partial charge is 0.417 e. The molecule has 3 rings (SSSR count). The third kappa shape index (κ3) is 5.01. The molecule has 0 N–H and O–H groups in total. The van der Waals surface area contributed by atoms with Crippen LogP contribution in [0.25, 0.3) is 5.82 Å². The van der Waals surface area contributed by atoms with Crippen molar-refractivity contribution >= 4 is 5.91 Å². The Morgan fingerprint density at radius 1 is 1.19 bits per heavy atom. The molecule has 3 heterocycles. The second-order valence-corrected chi connectivity index (χ2v) is 6.96. The summed E-state index contributed by atoms with van der Waals surface area (Å²) in [4.78, 5) is 23.6. The topological polar surface area (TPSA) is 86.0 Å². The number of hydrogen-bond acceptors (Lipinski definition) is 6. The maximum absolute atomic E-state index is 14.0. The van der Waals surface area contributed by atoms with Gasteiger partial charge in [0.05, 0.1) is 29.6 Å². The summed E-state index contributed by atoms with van der Waals surface area (Å²) in [5.41, 5.74) is -0.207. The van der Waals surface area contributed by atoms with E-state index in [1.165, 1.54) is 22.1 Å². The maximum Gasteiger partial charge on any atom is 0.417 e. The van der Waals surface area contributed by atoms with E-state index in [0.29, 0.717) is 12.3 Å². The van der Waals surface area contributed by atoms with Crippen molar-refractivity contribution in [2.24, 2.45) is 0 Å². The van der Waals surface area contributed by atoms with Crippen LogP contribution in [-0.4, -0.2) is 55.0 Å². The molecule has 170 valence electrons. The zero-order valence-electron chi connectivity index (χ0n) is 17.5. The summed E-state index contributed by atoms with van der Waals surface area (Å²) in [7, 11) is 0. The second kappa shape index (κ2) is 9.28. The molecule has 32 heavy (non-hydrogen) atoms. The van der Waals surface area contributed by atoms with Crippen LogP contribution >= 0.6 is 0 Å². The highest BCUT2D eigenvalue weighted by molar-refractivity contribution is 5.97. The standard InChI is InChI=1S/C20H20F4N6O2/c1-4-29(13(3)11-32-18-16(21)8-14(10-26-18)20(22,23)24)19(31)15-7-12(2)9-25-17(15)30-27-5-6-28-30/h5-10,13H,4,11H2,1-3H3/t13-/m0/s1. The molecule has 8 nitrogen and oxygen atoms in total. The fraction of sp³-hybridized carbons (Fsp3) is 0.350. The lowest BCUT2D eigenvalue weighted by Crippen LogP contribution is -2.42. The molecule has 0 aliphatic carbocycles. The van der Waals surface area contributed by atoms with Gasteiger partial charge in [-0.2, -0.15) is 23.4 Å². The number of alkyl halides is 3. The second-order valence-electron chi connectivity index (χ2n) is 6.96. The minimum atomic E-state index is -4.71. The van der Waals surface area contributed by atoms with Gasteiger partial charge >= 0.3 is 6.18 Å². The van der Waals surface area contributed by atoms with Crippen LogP contribution in [0.1, 0.15) is 35.3 Å². The van der Waals surface area contributed by atoms with Crippen molar-refractivity contribution < 1.29 is 27.1 Å². The quantitative estimate of drug-likeness (QED) is 0.511. The lowest BCUT2D eigenvalue weighted by molar-refractivity contribution is -0.138. The number of aromatic nitrogens is 5. The first-order chi connectivity index (χ1) is 15.1. The van der Waals surface area contributed by atoms with Crippen molar-refractivity contribution in [2.75, 3.05) is 13.2 Å². The van der Waals surface area contributed by atoms with E-state index in [2.05, 4.69) is 20.2 Å². The summed E-state index contributed by atoms with van der Waals surface area (Å²) in [6, 6.07) is 1.41. The maximum atomic E-state index is 14.0. The van der Waals surface area contributed by atoms with E-state index in [-0.39, 0.29) is 30.4 Å². The van der Waals surface area contributed by atoms with Crippen LogP contribution in [0.5, 0.6) is 5.88 Å². The van der Waals surface area contributed by atoms with Gasteiger partial charge in [-0.1, -0.05) is 0 Å². The number of rotatable bonds is 7. The summed E-state index contributed by atoms with van der Waals surface area (Å²) >= 11 is 0. The Kier molecular flexibility index (Phi) is 6.70. The van der Waals surface area contributed by atoms with Crippen LogP contribution < -0.4 is 4.74 Å². The van der Waals surface area contributed by atoms with Crippen LogP contribution in [0.4, 0.5) is 17.6 Å². The van der Waals surface area contributed by atoms with E-state index < -0.39 is 29.5 Å². The van der Waals surface area contributed by atoms with Crippen LogP contribution in [-0.2, 0) is 6.18 Å². The SMILES string of the molecule is CCN(C(=O)c1cc(C)cnc1-n1nccn1)[C@@H](C)COc1ncc(C(F)(F)F)cc1F. The predicted octanol–water partition coefficient (Wildman–Crippen LogP) is 3.45. The summed E-state index contributed by atoms with van der Waals surface area (Å²) in [6.45, 7) is 5.29. The Balaban J connectivity index is 1.78. The molecule has 0 spiro atoms. The lowest BCUT2D eigenvalue weighted by atomic mass is 10.1. The van der Waals surface area contributed by atoms with Crippen molar-refractivity contribution in [3.63, 3.8) is 0 Å². The van der Waals surface area contributed by atoms with Crippen LogP contribution in [0.15, 0.2) is 36.9 Å². The Morgan fingerprint density at radius 3 is 2.47 bits per heavy atom. The van der Waals surface area contributed by atoms with E-state index in [4.69, 9.17) is 4.74 Å². The number of pyridine rings is 2. The number of likely N-dealkylation sites (N-methyl/N-ethyl adjacent to an activating group) is 1. The number of halogens is 4. The normalized spacial score (nSPS) is 12.5. The lowest BCUT2D eigenvalue weighted by Gasteiger charge is -2.28. The average molecular weight is 452 g/mol. The van der Waals surface area contributed by atoms with Gasteiger partial charge in [0.1, 0.15) is 6.61 Å². The highest BCUT2D eigenvalue weighted by Crippen LogP contribution is 2.30. The molecular weight excluding hydrogens is 432 g/mol. The minimum Gasteiger partial charge on any atom is -0.473 e. The molecule has 12 heteroatoms. The number of nitrogens with zero attached hydrogens (tertiary/aromatic N) is 6. The van der Waals surface area contributed by atoms with Gasteiger partial charge in [0.15, 0.2) is 11.6 Å². The van der Waals surface area contributed by atoms with Crippen molar-refractivity contribution in [2.45, 2.75) is 33.0 Å².